The average molecular weight is 331 g/mol. The summed E-state index contributed by atoms with van der Waals surface area (Å²) in [7, 11) is 1.08. The van der Waals surface area contributed by atoms with Gasteiger partial charge in [0.25, 0.3) is 0 Å². The van der Waals surface area contributed by atoms with Gasteiger partial charge in [-0.05, 0) is 19.1 Å². The monoisotopic (exact) mass is 331 g/mol. The number of amides is 1. The second-order valence-electron chi connectivity index (χ2n) is 4.47. The first-order valence-electron chi connectivity index (χ1n) is 6.55. The Morgan fingerprint density at radius 3 is 2.30 bits per heavy atom. The molecule has 0 saturated heterocycles. The van der Waals surface area contributed by atoms with Crippen molar-refractivity contribution >= 4 is 23.3 Å². The highest BCUT2D eigenvalue weighted by Gasteiger charge is 2.36. The Bertz CT molecular complexity index is 638. The molecule has 126 valence electrons. The van der Waals surface area contributed by atoms with E-state index in [-0.39, 0.29) is 23.6 Å². The van der Waals surface area contributed by atoms with Gasteiger partial charge in [-0.1, -0.05) is 6.58 Å². The number of carbonyl (C=O) groups is 2. The van der Waals surface area contributed by atoms with Crippen LogP contribution in [0.1, 0.15) is 35.3 Å². The molecule has 1 aromatic carbocycles. The molecule has 0 bridgehead atoms. The van der Waals surface area contributed by atoms with Crippen molar-refractivity contribution in [3.8, 4) is 0 Å². The molecule has 0 aliphatic heterocycles. The van der Waals surface area contributed by atoms with Gasteiger partial charge in [-0.2, -0.15) is 13.2 Å². The molecule has 5 nitrogen and oxygen atoms in total. The highest BCUT2D eigenvalue weighted by molar-refractivity contribution is 6.01. The summed E-state index contributed by atoms with van der Waals surface area (Å²) in [5, 5.41) is 2.19. The van der Waals surface area contributed by atoms with Crippen LogP contribution < -0.4 is 5.32 Å². The number of hydrogen-bond acceptors (Lipinski definition) is 4. The van der Waals surface area contributed by atoms with Crippen molar-refractivity contribution in [3.05, 3.63) is 35.4 Å². The molecule has 1 amide bonds. The van der Waals surface area contributed by atoms with E-state index in [2.05, 4.69) is 16.6 Å². The topological polar surface area (TPSA) is 64.6 Å². The third kappa shape index (κ3) is 4.48. The third-order valence-corrected chi connectivity index (χ3v) is 2.80. The lowest BCUT2D eigenvalue weighted by Crippen LogP contribution is -2.17. The minimum absolute atomic E-state index is 0.108. The molecule has 0 fully saturated rings. The van der Waals surface area contributed by atoms with Gasteiger partial charge < -0.3 is 14.8 Å². The Balaban J connectivity index is 3.64. The summed E-state index contributed by atoms with van der Waals surface area (Å²) in [6.07, 6.45) is -4.72. The van der Waals surface area contributed by atoms with Gasteiger partial charge in [0, 0.05) is 12.5 Å². The Labute approximate surface area is 131 Å². The Kier molecular flexibility index (Phi) is 5.78. The zero-order valence-corrected chi connectivity index (χ0v) is 12.8. The number of benzene rings is 1. The van der Waals surface area contributed by atoms with Crippen LogP contribution in [-0.2, 0) is 20.4 Å². The largest absolute Gasteiger partial charge is 0.494 e. The summed E-state index contributed by atoms with van der Waals surface area (Å²) in [6.45, 7) is 6.25. The first-order chi connectivity index (χ1) is 10.6. The molecule has 0 spiro atoms. The van der Waals surface area contributed by atoms with Crippen molar-refractivity contribution in [1.29, 1.82) is 0 Å². The zero-order chi connectivity index (χ0) is 17.8. The summed E-state index contributed by atoms with van der Waals surface area (Å²) < 4.78 is 49.3. The molecule has 0 aromatic heterocycles. The lowest BCUT2D eigenvalue weighted by atomic mass is 10.00. The molecule has 0 radical (unpaired) electrons. The number of carbonyl (C=O) groups excluding carboxylic acids is 2. The molecule has 1 N–H and O–H groups in total. The SMILES string of the molecule is C=C(OCC)c1cc(C(=O)OC)c(NC(C)=O)cc1C(F)(F)F. The Morgan fingerprint density at radius 1 is 1.26 bits per heavy atom. The minimum atomic E-state index is -4.72. The van der Waals surface area contributed by atoms with Crippen LogP contribution in [0.4, 0.5) is 18.9 Å². The zero-order valence-electron chi connectivity index (χ0n) is 12.8. The second-order valence-corrected chi connectivity index (χ2v) is 4.47. The van der Waals surface area contributed by atoms with Gasteiger partial charge in [0.05, 0.1) is 30.5 Å². The number of ether oxygens (including phenoxy) is 2. The van der Waals surface area contributed by atoms with Crippen LogP contribution in [0.2, 0.25) is 0 Å². The molecule has 0 aliphatic carbocycles. The van der Waals surface area contributed by atoms with E-state index in [0.29, 0.717) is 6.07 Å². The van der Waals surface area contributed by atoms with E-state index < -0.39 is 29.2 Å². The summed E-state index contributed by atoms with van der Waals surface area (Å²) in [6, 6.07) is 1.60. The number of esters is 1. The summed E-state index contributed by atoms with van der Waals surface area (Å²) in [5.74, 6) is -1.76. The van der Waals surface area contributed by atoms with Gasteiger partial charge in [0.15, 0.2) is 0 Å². The van der Waals surface area contributed by atoms with E-state index in [1.165, 1.54) is 0 Å². The molecule has 0 unspecified atom stereocenters. The fourth-order valence-corrected chi connectivity index (χ4v) is 1.89. The lowest BCUT2D eigenvalue weighted by Gasteiger charge is -2.18. The fourth-order valence-electron chi connectivity index (χ4n) is 1.89. The van der Waals surface area contributed by atoms with E-state index in [1.807, 2.05) is 0 Å². The fraction of sp³-hybridized carbons (Fsp3) is 0.333. The third-order valence-electron chi connectivity index (χ3n) is 2.80. The van der Waals surface area contributed by atoms with Gasteiger partial charge in [-0.25, -0.2) is 4.79 Å². The summed E-state index contributed by atoms with van der Waals surface area (Å²) in [4.78, 5) is 23.0. The van der Waals surface area contributed by atoms with Crippen LogP contribution in [-0.4, -0.2) is 25.6 Å². The lowest BCUT2D eigenvalue weighted by molar-refractivity contribution is -0.138. The van der Waals surface area contributed by atoms with Gasteiger partial charge in [-0.3, -0.25) is 4.79 Å². The summed E-state index contributed by atoms with van der Waals surface area (Å²) in [5.41, 5.74) is -2.00. The molecule has 8 heteroatoms. The smallest absolute Gasteiger partial charge is 0.417 e. The number of alkyl halides is 3. The molecule has 0 atom stereocenters. The molecule has 0 heterocycles. The van der Waals surface area contributed by atoms with E-state index >= 15 is 0 Å². The molecule has 1 rings (SSSR count). The molecular formula is C15H16F3NO4. The maximum atomic E-state index is 13.3. The highest BCUT2D eigenvalue weighted by atomic mass is 19.4. The maximum Gasteiger partial charge on any atom is 0.417 e. The van der Waals surface area contributed by atoms with Gasteiger partial charge in [-0.15, -0.1) is 0 Å². The number of hydrogen-bond donors (Lipinski definition) is 1. The van der Waals surface area contributed by atoms with Gasteiger partial charge in [0.2, 0.25) is 5.91 Å². The van der Waals surface area contributed by atoms with Crippen molar-refractivity contribution in [2.45, 2.75) is 20.0 Å². The molecule has 0 saturated carbocycles. The number of halogens is 3. The van der Waals surface area contributed by atoms with E-state index in [4.69, 9.17) is 4.74 Å². The maximum absolute atomic E-state index is 13.3. The van der Waals surface area contributed by atoms with E-state index in [1.54, 1.807) is 6.92 Å². The first kappa shape index (κ1) is 18.5. The predicted molar refractivity (Wildman–Crippen MR) is 77.7 cm³/mol. The van der Waals surface area contributed by atoms with Crippen LogP contribution in [0.15, 0.2) is 18.7 Å². The second kappa shape index (κ2) is 7.17. The van der Waals surface area contributed by atoms with Crippen molar-refractivity contribution < 1.29 is 32.2 Å². The van der Waals surface area contributed by atoms with Crippen molar-refractivity contribution in [2.24, 2.45) is 0 Å². The Hall–Kier alpha value is -2.51. The Morgan fingerprint density at radius 2 is 1.87 bits per heavy atom. The van der Waals surface area contributed by atoms with Crippen LogP contribution >= 0.6 is 0 Å². The van der Waals surface area contributed by atoms with E-state index in [9.17, 15) is 22.8 Å². The normalized spacial score (nSPS) is 10.9. The standard InChI is InChI=1S/C15H16F3NO4/c1-5-23-8(2)10-6-11(14(21)22-4)13(19-9(3)20)7-12(10)15(16,17)18/h6-7H,2,5H2,1,3-4H3,(H,19,20). The number of anilines is 1. The molecule has 23 heavy (non-hydrogen) atoms. The number of rotatable bonds is 5. The predicted octanol–water partition coefficient (Wildman–Crippen LogP) is 3.46. The van der Waals surface area contributed by atoms with Crippen molar-refractivity contribution in [2.75, 3.05) is 19.0 Å². The molecular weight excluding hydrogens is 315 g/mol. The van der Waals surface area contributed by atoms with Crippen LogP contribution in [0.5, 0.6) is 0 Å². The van der Waals surface area contributed by atoms with Crippen LogP contribution in [0, 0.1) is 0 Å². The molecule has 0 aliphatic rings. The van der Waals surface area contributed by atoms with E-state index in [0.717, 1.165) is 20.1 Å². The van der Waals surface area contributed by atoms with Crippen molar-refractivity contribution in [1.82, 2.24) is 0 Å². The quantitative estimate of drug-likeness (QED) is 0.663. The first-order valence-corrected chi connectivity index (χ1v) is 6.55. The van der Waals surface area contributed by atoms with Gasteiger partial charge >= 0.3 is 12.1 Å². The van der Waals surface area contributed by atoms with Crippen LogP contribution in [0.3, 0.4) is 0 Å². The molecule has 1 aromatic rings. The highest BCUT2D eigenvalue weighted by Crippen LogP contribution is 2.38. The van der Waals surface area contributed by atoms with Crippen molar-refractivity contribution in [3.63, 3.8) is 0 Å². The van der Waals surface area contributed by atoms with Crippen LogP contribution in [0.25, 0.3) is 5.76 Å². The summed E-state index contributed by atoms with van der Waals surface area (Å²) >= 11 is 0. The minimum Gasteiger partial charge on any atom is -0.494 e. The van der Waals surface area contributed by atoms with Gasteiger partial charge in [0.1, 0.15) is 5.76 Å². The number of methoxy groups -OCH3 is 1. The number of nitrogens with one attached hydrogen (secondary N) is 1. The average Bonchev–Trinajstić information content (AvgIpc) is 2.44.